The van der Waals surface area contributed by atoms with E-state index in [2.05, 4.69) is 13.0 Å². The lowest BCUT2D eigenvalue weighted by Gasteiger charge is -2.26. The first-order valence-corrected chi connectivity index (χ1v) is 9.34. The summed E-state index contributed by atoms with van der Waals surface area (Å²) in [4.78, 5) is 30.6. The molecule has 0 fully saturated rings. The van der Waals surface area contributed by atoms with Crippen LogP contribution >= 0.6 is 0 Å². The predicted molar refractivity (Wildman–Crippen MR) is 111 cm³/mol. The first-order valence-electron chi connectivity index (χ1n) is 9.34. The van der Waals surface area contributed by atoms with Crippen molar-refractivity contribution in [2.45, 2.75) is 32.7 Å². The van der Waals surface area contributed by atoms with Crippen molar-refractivity contribution >= 4 is 28.9 Å². The summed E-state index contributed by atoms with van der Waals surface area (Å²) in [7, 11) is 3.96. The van der Waals surface area contributed by atoms with Gasteiger partial charge in [-0.25, -0.2) is 0 Å². The number of amides is 2. The van der Waals surface area contributed by atoms with Crippen LogP contribution in [0.3, 0.4) is 0 Å². The molecule has 1 heterocycles. The lowest BCUT2D eigenvalue weighted by Crippen LogP contribution is -2.39. The van der Waals surface area contributed by atoms with Gasteiger partial charge < -0.3 is 14.7 Å². The molecule has 0 aromatic heterocycles. The Morgan fingerprint density at radius 1 is 1.04 bits per heavy atom. The molecule has 27 heavy (non-hydrogen) atoms. The minimum absolute atomic E-state index is 0.0589. The number of hydrogen-bond donors (Lipinski definition) is 0. The van der Waals surface area contributed by atoms with E-state index in [1.165, 1.54) is 12.5 Å². The van der Waals surface area contributed by atoms with Gasteiger partial charge >= 0.3 is 0 Å². The number of benzene rings is 2. The van der Waals surface area contributed by atoms with Crippen molar-refractivity contribution in [2.24, 2.45) is 0 Å². The van der Waals surface area contributed by atoms with Gasteiger partial charge in [-0.1, -0.05) is 18.2 Å². The van der Waals surface area contributed by atoms with Gasteiger partial charge in [-0.15, -0.1) is 0 Å². The van der Waals surface area contributed by atoms with Crippen LogP contribution in [0.1, 0.15) is 25.8 Å². The molecule has 0 radical (unpaired) electrons. The van der Waals surface area contributed by atoms with Crippen LogP contribution < -0.4 is 14.7 Å². The van der Waals surface area contributed by atoms with E-state index < -0.39 is 0 Å². The second kappa shape index (κ2) is 7.82. The molecular formula is C22H27N3O2. The van der Waals surface area contributed by atoms with E-state index in [1.54, 1.807) is 4.90 Å². The van der Waals surface area contributed by atoms with E-state index in [1.807, 2.05) is 66.4 Å². The van der Waals surface area contributed by atoms with Crippen molar-refractivity contribution in [3.05, 3.63) is 54.1 Å². The third kappa shape index (κ3) is 3.97. The van der Waals surface area contributed by atoms with Crippen LogP contribution in [-0.4, -0.2) is 38.5 Å². The molecule has 2 aromatic rings. The second-order valence-electron chi connectivity index (χ2n) is 7.28. The number of hydrogen-bond acceptors (Lipinski definition) is 3. The van der Waals surface area contributed by atoms with Gasteiger partial charge in [0.15, 0.2) is 0 Å². The molecule has 0 aliphatic carbocycles. The molecule has 5 heteroatoms. The highest BCUT2D eigenvalue weighted by atomic mass is 16.2. The van der Waals surface area contributed by atoms with Gasteiger partial charge in [0.1, 0.15) is 0 Å². The van der Waals surface area contributed by atoms with Crippen LogP contribution in [0.4, 0.5) is 17.1 Å². The molecular weight excluding hydrogens is 338 g/mol. The Morgan fingerprint density at radius 2 is 1.67 bits per heavy atom. The molecule has 1 aliphatic heterocycles. The summed E-state index contributed by atoms with van der Waals surface area (Å²) in [5.41, 5.74) is 4.09. The average molecular weight is 365 g/mol. The largest absolute Gasteiger partial charge is 0.378 e. The summed E-state index contributed by atoms with van der Waals surface area (Å²) in [6.07, 6.45) is 1.18. The molecule has 0 saturated carbocycles. The zero-order valence-electron chi connectivity index (χ0n) is 16.5. The quantitative estimate of drug-likeness (QED) is 0.815. The number of carbonyl (C=O) groups excluding carboxylic acids is 2. The zero-order chi connectivity index (χ0) is 19.6. The normalized spacial score (nSPS) is 15.4. The van der Waals surface area contributed by atoms with E-state index in [0.717, 1.165) is 23.5 Å². The van der Waals surface area contributed by atoms with Crippen LogP contribution in [0.15, 0.2) is 48.5 Å². The highest BCUT2D eigenvalue weighted by Crippen LogP contribution is 2.32. The Morgan fingerprint density at radius 3 is 2.30 bits per heavy atom. The maximum absolute atomic E-state index is 12.9. The highest BCUT2D eigenvalue weighted by Gasteiger charge is 2.30. The summed E-state index contributed by atoms with van der Waals surface area (Å²) in [5, 5.41) is 0. The molecule has 3 rings (SSSR count). The lowest BCUT2D eigenvalue weighted by atomic mass is 10.1. The monoisotopic (exact) mass is 365 g/mol. The first-order chi connectivity index (χ1) is 12.9. The van der Waals surface area contributed by atoms with Crippen molar-refractivity contribution in [1.82, 2.24) is 0 Å². The van der Waals surface area contributed by atoms with Crippen molar-refractivity contribution in [3.8, 4) is 0 Å². The van der Waals surface area contributed by atoms with Crippen LogP contribution in [0, 0.1) is 0 Å². The maximum Gasteiger partial charge on any atom is 0.229 e. The van der Waals surface area contributed by atoms with Crippen LogP contribution in [-0.2, 0) is 16.0 Å². The van der Waals surface area contributed by atoms with Gasteiger partial charge in [-0.2, -0.15) is 0 Å². The fraction of sp³-hybridized carbons (Fsp3) is 0.364. The number of fused-ring (bicyclic) bond motifs is 1. The summed E-state index contributed by atoms with van der Waals surface area (Å²) >= 11 is 0. The van der Waals surface area contributed by atoms with E-state index in [-0.39, 0.29) is 17.9 Å². The van der Waals surface area contributed by atoms with E-state index in [0.29, 0.717) is 13.0 Å². The number of carbonyl (C=O) groups is 2. The summed E-state index contributed by atoms with van der Waals surface area (Å²) in [5.74, 6) is -0.00103. The molecule has 1 aliphatic rings. The molecule has 0 saturated heterocycles. The van der Waals surface area contributed by atoms with E-state index in [9.17, 15) is 9.59 Å². The Bertz CT molecular complexity index is 830. The first kappa shape index (κ1) is 19.0. The van der Waals surface area contributed by atoms with Crippen molar-refractivity contribution < 1.29 is 9.59 Å². The fourth-order valence-electron chi connectivity index (χ4n) is 3.67. The van der Waals surface area contributed by atoms with Crippen molar-refractivity contribution in [3.63, 3.8) is 0 Å². The van der Waals surface area contributed by atoms with Crippen LogP contribution in [0.5, 0.6) is 0 Å². The Hall–Kier alpha value is -2.82. The van der Waals surface area contributed by atoms with Gasteiger partial charge in [0.2, 0.25) is 11.8 Å². The average Bonchev–Trinajstić information content (AvgIpc) is 2.97. The smallest absolute Gasteiger partial charge is 0.229 e. The minimum atomic E-state index is -0.0599. The molecule has 0 N–H and O–H groups in total. The summed E-state index contributed by atoms with van der Waals surface area (Å²) in [6.45, 7) is 3.99. The SMILES string of the molecule is CC(=O)N(CCC(=O)N1c2ccccc2CC1C)c1ccc(N(C)C)cc1. The van der Waals surface area contributed by atoms with Crippen molar-refractivity contribution in [1.29, 1.82) is 0 Å². The molecule has 0 spiro atoms. The molecule has 142 valence electrons. The Labute approximate surface area is 161 Å². The lowest BCUT2D eigenvalue weighted by molar-refractivity contribution is -0.119. The zero-order valence-corrected chi connectivity index (χ0v) is 16.5. The molecule has 1 unspecified atom stereocenters. The van der Waals surface area contributed by atoms with E-state index >= 15 is 0 Å². The minimum Gasteiger partial charge on any atom is -0.378 e. The third-order valence-corrected chi connectivity index (χ3v) is 5.08. The van der Waals surface area contributed by atoms with Crippen LogP contribution in [0.25, 0.3) is 0 Å². The van der Waals surface area contributed by atoms with E-state index in [4.69, 9.17) is 0 Å². The third-order valence-electron chi connectivity index (χ3n) is 5.08. The number of para-hydroxylation sites is 1. The van der Waals surface area contributed by atoms with Gasteiger partial charge in [0, 0.05) is 57.1 Å². The number of nitrogens with zero attached hydrogens (tertiary/aromatic N) is 3. The molecule has 5 nitrogen and oxygen atoms in total. The van der Waals surface area contributed by atoms with Gasteiger partial charge in [-0.3, -0.25) is 9.59 Å². The Kier molecular flexibility index (Phi) is 5.49. The summed E-state index contributed by atoms with van der Waals surface area (Å²) < 4.78 is 0. The number of rotatable bonds is 5. The Balaban J connectivity index is 1.71. The standard InChI is InChI=1S/C22H27N3O2/c1-16-15-18-7-5-6-8-21(18)25(16)22(27)13-14-24(17(2)26)20-11-9-19(10-12-20)23(3)4/h5-12,16H,13-15H2,1-4H3. The maximum atomic E-state index is 12.9. The van der Waals surface area contributed by atoms with Gasteiger partial charge in [0.25, 0.3) is 0 Å². The topological polar surface area (TPSA) is 43.9 Å². The fourth-order valence-corrected chi connectivity index (χ4v) is 3.67. The molecule has 2 amide bonds. The summed E-state index contributed by atoms with van der Waals surface area (Å²) in [6, 6.07) is 16.0. The van der Waals surface area contributed by atoms with Gasteiger partial charge in [-0.05, 0) is 49.2 Å². The van der Waals surface area contributed by atoms with Crippen molar-refractivity contribution in [2.75, 3.05) is 35.3 Å². The van der Waals surface area contributed by atoms with Crippen LogP contribution in [0.2, 0.25) is 0 Å². The second-order valence-corrected chi connectivity index (χ2v) is 7.28. The molecule has 2 aromatic carbocycles. The predicted octanol–water partition coefficient (Wildman–Crippen LogP) is 3.47. The highest BCUT2D eigenvalue weighted by molar-refractivity contribution is 5.98. The molecule has 1 atom stereocenters. The molecule has 0 bridgehead atoms. The number of anilines is 3. The van der Waals surface area contributed by atoms with Gasteiger partial charge in [0.05, 0.1) is 0 Å².